The highest BCUT2D eigenvalue weighted by Crippen LogP contribution is 2.69. The second-order valence-corrected chi connectivity index (χ2v) is 10.8. The molecule has 0 bridgehead atoms. The van der Waals surface area contributed by atoms with Crippen molar-refractivity contribution in [2.75, 3.05) is 0 Å². The van der Waals surface area contributed by atoms with E-state index in [0.29, 0.717) is 23.7 Å². The van der Waals surface area contributed by atoms with Crippen LogP contribution in [0.15, 0.2) is 10.3 Å². The number of nitrogens with zero attached hydrogens (tertiary/aromatic N) is 2. The van der Waals surface area contributed by atoms with E-state index in [0.717, 1.165) is 56.4 Å². The summed E-state index contributed by atoms with van der Waals surface area (Å²) in [6.07, 6.45) is 8.09. The molecule has 3 N–H and O–H groups in total. The Labute approximate surface area is 162 Å². The number of rotatable bonds is 1. The lowest BCUT2D eigenvalue weighted by Crippen LogP contribution is -2.63. The lowest BCUT2D eigenvalue weighted by atomic mass is 9.41. The van der Waals surface area contributed by atoms with E-state index >= 15 is 0 Å². The van der Waals surface area contributed by atoms with Gasteiger partial charge in [0.1, 0.15) is 0 Å². The van der Waals surface area contributed by atoms with Crippen LogP contribution in [-0.4, -0.2) is 32.5 Å². The molecule has 4 aliphatic carbocycles. The minimum absolute atomic E-state index is 0.0105. The molecule has 8 atom stereocenters. The maximum Gasteiger partial charge on any atom is 0.0661 e. The van der Waals surface area contributed by atoms with Crippen LogP contribution in [0, 0.1) is 40.4 Å². The molecule has 4 saturated carbocycles. The summed E-state index contributed by atoms with van der Waals surface area (Å²) >= 11 is 0. The summed E-state index contributed by atoms with van der Waals surface area (Å²) in [5, 5.41) is 37.6. The lowest BCUT2D eigenvalue weighted by molar-refractivity contribution is -0.206. The summed E-state index contributed by atoms with van der Waals surface area (Å²) in [5.41, 5.74) is 1.18. The Morgan fingerprint density at radius 3 is 2.44 bits per heavy atom. The SMILES string of the molecule is C/C(=N/O)[C@H]1CC[C@H]2[C@@H]3CC[C@H]4C/C(=N/O)CC[C@]4(C)[C@H]3[C@](C)(O)C[C@]12C. The zero-order valence-corrected chi connectivity index (χ0v) is 17.3. The van der Waals surface area contributed by atoms with Crippen LogP contribution >= 0.6 is 0 Å². The van der Waals surface area contributed by atoms with Crippen molar-refractivity contribution < 1.29 is 15.5 Å². The Bertz CT molecular complexity index is 672. The van der Waals surface area contributed by atoms with Crippen LogP contribution in [-0.2, 0) is 0 Å². The molecule has 0 amide bonds. The molecule has 0 aromatic carbocycles. The Balaban J connectivity index is 1.71. The van der Waals surface area contributed by atoms with Crippen LogP contribution in [0.1, 0.15) is 79.1 Å². The first-order valence-corrected chi connectivity index (χ1v) is 10.8. The van der Waals surface area contributed by atoms with Crippen molar-refractivity contribution in [1.82, 2.24) is 0 Å². The summed E-state index contributed by atoms with van der Waals surface area (Å²) in [7, 11) is 0. The van der Waals surface area contributed by atoms with Gasteiger partial charge < -0.3 is 15.5 Å². The molecule has 0 saturated heterocycles. The fraction of sp³-hybridized carbons (Fsp3) is 0.909. The van der Waals surface area contributed by atoms with Crippen LogP contribution in [0.4, 0.5) is 0 Å². The highest BCUT2D eigenvalue weighted by Gasteiger charge is 2.66. The second kappa shape index (κ2) is 6.20. The van der Waals surface area contributed by atoms with Crippen molar-refractivity contribution in [3.8, 4) is 0 Å². The fourth-order valence-corrected chi connectivity index (χ4v) is 8.68. The Morgan fingerprint density at radius 2 is 1.78 bits per heavy atom. The first-order valence-electron chi connectivity index (χ1n) is 10.8. The average Bonchev–Trinajstić information content (AvgIpc) is 2.95. The molecular formula is C22H36N2O3. The van der Waals surface area contributed by atoms with Crippen molar-refractivity contribution in [2.45, 2.75) is 84.7 Å². The van der Waals surface area contributed by atoms with E-state index in [-0.39, 0.29) is 16.7 Å². The van der Waals surface area contributed by atoms with Crippen LogP contribution in [0.3, 0.4) is 0 Å². The summed E-state index contributed by atoms with van der Waals surface area (Å²) in [4.78, 5) is 0. The summed E-state index contributed by atoms with van der Waals surface area (Å²) in [6.45, 7) is 8.73. The highest BCUT2D eigenvalue weighted by atomic mass is 16.4. The molecule has 5 nitrogen and oxygen atoms in total. The van der Waals surface area contributed by atoms with Gasteiger partial charge in [0.25, 0.3) is 0 Å². The van der Waals surface area contributed by atoms with E-state index in [4.69, 9.17) is 0 Å². The molecule has 0 aliphatic heterocycles. The van der Waals surface area contributed by atoms with Gasteiger partial charge in [-0.25, -0.2) is 0 Å². The topological polar surface area (TPSA) is 85.4 Å². The van der Waals surface area contributed by atoms with E-state index < -0.39 is 5.60 Å². The number of oxime groups is 2. The Morgan fingerprint density at radius 1 is 1.04 bits per heavy atom. The van der Waals surface area contributed by atoms with Gasteiger partial charge >= 0.3 is 0 Å². The van der Waals surface area contributed by atoms with Gasteiger partial charge in [-0.3, -0.25) is 0 Å². The summed E-state index contributed by atoms with van der Waals surface area (Å²) in [5.74, 6) is 2.20. The number of hydrogen-bond donors (Lipinski definition) is 3. The van der Waals surface area contributed by atoms with E-state index in [9.17, 15) is 15.5 Å². The van der Waals surface area contributed by atoms with E-state index in [1.165, 1.54) is 6.42 Å². The largest absolute Gasteiger partial charge is 0.411 e. The molecule has 0 aromatic rings. The van der Waals surface area contributed by atoms with Crippen molar-refractivity contribution in [1.29, 1.82) is 0 Å². The molecule has 5 heteroatoms. The van der Waals surface area contributed by atoms with Gasteiger partial charge in [-0.15, -0.1) is 0 Å². The molecule has 0 spiro atoms. The van der Waals surface area contributed by atoms with Crippen LogP contribution in [0.5, 0.6) is 0 Å². The van der Waals surface area contributed by atoms with Crippen molar-refractivity contribution in [3.63, 3.8) is 0 Å². The zero-order valence-electron chi connectivity index (χ0n) is 17.3. The average molecular weight is 377 g/mol. The molecule has 0 unspecified atom stereocenters. The maximum absolute atomic E-state index is 11.8. The minimum Gasteiger partial charge on any atom is -0.411 e. The molecular weight excluding hydrogens is 340 g/mol. The van der Waals surface area contributed by atoms with Gasteiger partial charge in [0, 0.05) is 5.92 Å². The van der Waals surface area contributed by atoms with Gasteiger partial charge in [0.2, 0.25) is 0 Å². The first-order chi connectivity index (χ1) is 12.7. The number of aliphatic hydroxyl groups is 1. The van der Waals surface area contributed by atoms with Gasteiger partial charge in [-0.05, 0) is 99.7 Å². The van der Waals surface area contributed by atoms with Crippen LogP contribution < -0.4 is 0 Å². The third kappa shape index (κ3) is 2.60. The zero-order chi connectivity index (χ0) is 19.6. The lowest BCUT2D eigenvalue weighted by Gasteiger charge is -2.65. The molecule has 0 radical (unpaired) electrons. The minimum atomic E-state index is -0.713. The standard InChI is InChI=1S/C22H36N2O3/c1-13(23-26)17-7-8-18-16-6-5-14-11-15(24-27)9-10-20(14,2)19(16)22(4,25)12-21(17,18)3/h14,16-19,25-27H,5-12H2,1-4H3/b23-13-,24-15+/t14-,16-,17+,18-,19-,20-,21+,22+/m0/s1. The van der Waals surface area contributed by atoms with E-state index in [1.54, 1.807) is 0 Å². The van der Waals surface area contributed by atoms with E-state index in [1.807, 2.05) is 6.92 Å². The smallest absolute Gasteiger partial charge is 0.0661 e. The molecule has 152 valence electrons. The molecule has 0 heterocycles. The normalized spacial score (nSPS) is 54.3. The van der Waals surface area contributed by atoms with E-state index in [2.05, 4.69) is 31.1 Å². The molecule has 4 fully saturated rings. The highest BCUT2D eigenvalue weighted by molar-refractivity contribution is 5.85. The van der Waals surface area contributed by atoms with Crippen molar-refractivity contribution >= 4 is 11.4 Å². The van der Waals surface area contributed by atoms with Crippen LogP contribution in [0.25, 0.3) is 0 Å². The molecule has 0 aromatic heterocycles. The number of hydrogen-bond acceptors (Lipinski definition) is 5. The second-order valence-electron chi connectivity index (χ2n) is 10.8. The maximum atomic E-state index is 11.8. The summed E-state index contributed by atoms with van der Waals surface area (Å²) in [6, 6.07) is 0. The van der Waals surface area contributed by atoms with Gasteiger partial charge in [0.15, 0.2) is 0 Å². The Kier molecular flexibility index (Phi) is 4.41. The molecule has 27 heavy (non-hydrogen) atoms. The third-order valence-electron chi connectivity index (χ3n) is 9.49. The monoisotopic (exact) mass is 376 g/mol. The van der Waals surface area contributed by atoms with Gasteiger partial charge in [0.05, 0.1) is 17.0 Å². The van der Waals surface area contributed by atoms with Crippen molar-refractivity contribution in [3.05, 3.63) is 0 Å². The molecule has 4 aliphatic rings. The quantitative estimate of drug-likeness (QED) is 0.353. The van der Waals surface area contributed by atoms with Gasteiger partial charge in [-0.2, -0.15) is 0 Å². The number of fused-ring (bicyclic) bond motifs is 5. The van der Waals surface area contributed by atoms with Crippen LogP contribution in [0.2, 0.25) is 0 Å². The predicted molar refractivity (Wildman–Crippen MR) is 105 cm³/mol. The third-order valence-corrected chi connectivity index (χ3v) is 9.49. The Hall–Kier alpha value is -1.10. The first kappa shape index (κ1) is 19.2. The van der Waals surface area contributed by atoms with Crippen molar-refractivity contribution in [2.24, 2.45) is 50.7 Å². The fourth-order valence-electron chi connectivity index (χ4n) is 8.68. The summed E-state index contributed by atoms with van der Waals surface area (Å²) < 4.78 is 0. The predicted octanol–water partition coefficient (Wildman–Crippen LogP) is 4.69. The molecule has 4 rings (SSSR count). The van der Waals surface area contributed by atoms with Gasteiger partial charge in [-0.1, -0.05) is 24.2 Å².